The van der Waals surface area contributed by atoms with E-state index in [1.807, 2.05) is 0 Å². The van der Waals surface area contributed by atoms with E-state index in [4.69, 9.17) is 15.2 Å². The summed E-state index contributed by atoms with van der Waals surface area (Å²) in [4.78, 5) is 22.4. The second kappa shape index (κ2) is 4.23. The van der Waals surface area contributed by atoms with Crippen molar-refractivity contribution in [2.24, 2.45) is 5.73 Å². The minimum atomic E-state index is -0.264. The lowest BCUT2D eigenvalue weighted by atomic mass is 10.1. The van der Waals surface area contributed by atoms with Gasteiger partial charge in [-0.2, -0.15) is 0 Å². The van der Waals surface area contributed by atoms with E-state index in [-0.39, 0.29) is 19.1 Å². The van der Waals surface area contributed by atoms with E-state index >= 15 is 0 Å². The summed E-state index contributed by atoms with van der Waals surface area (Å²) >= 11 is 3.20. The van der Waals surface area contributed by atoms with Crippen molar-refractivity contribution in [1.82, 2.24) is 0 Å². The Morgan fingerprint density at radius 1 is 1.50 bits per heavy atom. The van der Waals surface area contributed by atoms with Gasteiger partial charge in [-0.05, 0) is 22.0 Å². The number of fused-ring (bicyclic) bond motifs is 1. The van der Waals surface area contributed by atoms with Gasteiger partial charge in [-0.15, -0.1) is 0 Å². The number of benzene rings is 1. The van der Waals surface area contributed by atoms with E-state index in [9.17, 15) is 9.59 Å². The lowest BCUT2D eigenvalue weighted by Crippen LogP contribution is -2.14. The molecule has 84 valence electrons. The summed E-state index contributed by atoms with van der Waals surface area (Å²) in [6.07, 6.45) is 0.647. The van der Waals surface area contributed by atoms with E-state index < -0.39 is 0 Å². The summed E-state index contributed by atoms with van der Waals surface area (Å²) in [5.74, 6) is 0.321. The summed E-state index contributed by atoms with van der Waals surface area (Å²) in [7, 11) is 0. The molecule has 1 heterocycles. The second-order valence-corrected chi connectivity index (χ2v) is 3.98. The van der Waals surface area contributed by atoms with Gasteiger partial charge in [0.1, 0.15) is 0 Å². The molecule has 0 amide bonds. The van der Waals surface area contributed by atoms with Gasteiger partial charge in [0.25, 0.3) is 0 Å². The molecule has 1 aromatic rings. The third-order valence-electron chi connectivity index (χ3n) is 2.23. The van der Waals surface area contributed by atoms with Gasteiger partial charge in [-0.3, -0.25) is 9.59 Å². The molecule has 0 saturated heterocycles. The summed E-state index contributed by atoms with van der Waals surface area (Å²) in [6.45, 7) is -0.125. The highest BCUT2D eigenvalue weighted by Gasteiger charge is 2.26. The Morgan fingerprint density at radius 2 is 2.19 bits per heavy atom. The third kappa shape index (κ3) is 1.60. The van der Waals surface area contributed by atoms with Gasteiger partial charge in [0.15, 0.2) is 23.6 Å². The van der Waals surface area contributed by atoms with Crippen LogP contribution >= 0.6 is 15.9 Å². The molecule has 5 nitrogen and oxygen atoms in total. The standard InChI is InChI=1S/C10H8BrNO4/c11-7-1-5(8(14)2-12)9-10(6(7)3-13)16-4-15-9/h1,3H,2,4,12H2. The number of hydrogen-bond donors (Lipinski definition) is 1. The van der Waals surface area contributed by atoms with Gasteiger partial charge < -0.3 is 15.2 Å². The normalized spacial score (nSPS) is 12.6. The first kappa shape index (κ1) is 11.1. The molecule has 2 N–H and O–H groups in total. The van der Waals surface area contributed by atoms with E-state index in [0.29, 0.717) is 33.4 Å². The number of halogens is 1. The predicted octanol–water partition coefficient (Wildman–Crippen LogP) is 1.13. The van der Waals surface area contributed by atoms with Crippen LogP contribution in [-0.2, 0) is 0 Å². The molecule has 0 spiro atoms. The van der Waals surface area contributed by atoms with Crippen molar-refractivity contribution in [2.75, 3.05) is 13.3 Å². The van der Waals surface area contributed by atoms with Gasteiger partial charge in [-0.1, -0.05) is 0 Å². The van der Waals surface area contributed by atoms with Crippen LogP contribution in [0.5, 0.6) is 11.5 Å². The Balaban J connectivity index is 2.66. The zero-order chi connectivity index (χ0) is 11.7. The number of rotatable bonds is 3. The van der Waals surface area contributed by atoms with Crippen LogP contribution in [0, 0.1) is 0 Å². The third-order valence-corrected chi connectivity index (χ3v) is 2.89. The summed E-state index contributed by atoms with van der Waals surface area (Å²) in [6, 6.07) is 1.52. The van der Waals surface area contributed by atoms with Crippen LogP contribution < -0.4 is 15.2 Å². The van der Waals surface area contributed by atoms with Gasteiger partial charge in [0.05, 0.1) is 17.7 Å². The Labute approximate surface area is 99.6 Å². The number of carbonyl (C=O) groups is 2. The molecule has 1 aliphatic heterocycles. The highest BCUT2D eigenvalue weighted by atomic mass is 79.9. The molecular formula is C10H8BrNO4. The largest absolute Gasteiger partial charge is 0.453 e. The zero-order valence-corrected chi connectivity index (χ0v) is 9.74. The average molecular weight is 286 g/mol. The topological polar surface area (TPSA) is 78.6 Å². The maximum Gasteiger partial charge on any atom is 0.231 e. The van der Waals surface area contributed by atoms with Crippen LogP contribution in [0.4, 0.5) is 0 Å². The van der Waals surface area contributed by atoms with Gasteiger partial charge in [0, 0.05) is 4.47 Å². The smallest absolute Gasteiger partial charge is 0.231 e. The molecule has 0 aliphatic carbocycles. The van der Waals surface area contributed by atoms with E-state index in [0.717, 1.165) is 0 Å². The average Bonchev–Trinajstić information content (AvgIpc) is 2.75. The van der Waals surface area contributed by atoms with Crippen LogP contribution in [0.2, 0.25) is 0 Å². The van der Waals surface area contributed by atoms with Gasteiger partial charge >= 0.3 is 0 Å². The fraction of sp³-hybridized carbons (Fsp3) is 0.200. The maximum absolute atomic E-state index is 11.6. The highest BCUT2D eigenvalue weighted by Crippen LogP contribution is 2.42. The van der Waals surface area contributed by atoms with Crippen LogP contribution in [-0.4, -0.2) is 25.4 Å². The number of carbonyl (C=O) groups excluding carboxylic acids is 2. The summed E-state index contributed by atoms with van der Waals surface area (Å²) in [5, 5.41) is 0. The van der Waals surface area contributed by atoms with Crippen molar-refractivity contribution < 1.29 is 19.1 Å². The van der Waals surface area contributed by atoms with E-state index in [1.54, 1.807) is 0 Å². The number of ketones is 1. The molecular weight excluding hydrogens is 278 g/mol. The Bertz CT molecular complexity index is 472. The van der Waals surface area contributed by atoms with Crippen molar-refractivity contribution >= 4 is 28.0 Å². The molecule has 0 atom stereocenters. The Morgan fingerprint density at radius 3 is 2.81 bits per heavy atom. The van der Waals surface area contributed by atoms with Crippen LogP contribution in [0.25, 0.3) is 0 Å². The van der Waals surface area contributed by atoms with Crippen LogP contribution in [0.15, 0.2) is 10.5 Å². The summed E-state index contributed by atoms with van der Waals surface area (Å²) < 4.78 is 10.8. The number of nitrogens with two attached hydrogens (primary N) is 1. The lowest BCUT2D eigenvalue weighted by molar-refractivity contribution is 0.0996. The Kier molecular flexibility index (Phi) is 2.93. The fourth-order valence-electron chi connectivity index (χ4n) is 1.48. The second-order valence-electron chi connectivity index (χ2n) is 3.13. The van der Waals surface area contributed by atoms with E-state index in [1.165, 1.54) is 6.07 Å². The van der Waals surface area contributed by atoms with Crippen molar-refractivity contribution in [3.63, 3.8) is 0 Å². The van der Waals surface area contributed by atoms with Gasteiger partial charge in [-0.25, -0.2) is 0 Å². The minimum Gasteiger partial charge on any atom is -0.453 e. The monoisotopic (exact) mass is 285 g/mol. The molecule has 1 aliphatic rings. The molecule has 6 heteroatoms. The van der Waals surface area contributed by atoms with Crippen molar-refractivity contribution in [1.29, 1.82) is 0 Å². The molecule has 0 bridgehead atoms. The first-order chi connectivity index (χ1) is 7.69. The van der Waals surface area contributed by atoms with Crippen molar-refractivity contribution in [2.45, 2.75) is 0 Å². The van der Waals surface area contributed by atoms with Crippen molar-refractivity contribution in [3.8, 4) is 11.5 Å². The number of ether oxygens (including phenoxy) is 2. The molecule has 0 saturated carbocycles. The first-order valence-corrected chi connectivity index (χ1v) is 5.29. The highest BCUT2D eigenvalue weighted by molar-refractivity contribution is 9.10. The SMILES string of the molecule is NCC(=O)c1cc(Br)c(C=O)c2c1OCO2. The molecule has 1 aromatic carbocycles. The fourth-order valence-corrected chi connectivity index (χ4v) is 1.99. The predicted molar refractivity (Wildman–Crippen MR) is 59.0 cm³/mol. The molecule has 2 rings (SSSR count). The number of aldehydes is 1. The zero-order valence-electron chi connectivity index (χ0n) is 8.16. The van der Waals surface area contributed by atoms with Crippen LogP contribution in [0.3, 0.4) is 0 Å². The number of Topliss-reactive ketones (excluding diaryl/α,β-unsaturated/α-hetero) is 1. The molecule has 0 unspecified atom stereocenters. The molecule has 16 heavy (non-hydrogen) atoms. The summed E-state index contributed by atoms with van der Waals surface area (Å²) in [5.41, 5.74) is 5.95. The lowest BCUT2D eigenvalue weighted by Gasteiger charge is -2.07. The first-order valence-electron chi connectivity index (χ1n) is 4.49. The van der Waals surface area contributed by atoms with Crippen molar-refractivity contribution in [3.05, 3.63) is 21.7 Å². The Hall–Kier alpha value is -1.40. The molecule has 0 fully saturated rings. The molecule has 0 radical (unpaired) electrons. The van der Waals surface area contributed by atoms with E-state index in [2.05, 4.69) is 15.9 Å². The minimum absolute atomic E-state index is 0.00250. The van der Waals surface area contributed by atoms with Gasteiger partial charge in [0.2, 0.25) is 6.79 Å². The quantitative estimate of drug-likeness (QED) is 0.665. The van der Waals surface area contributed by atoms with Crippen LogP contribution in [0.1, 0.15) is 20.7 Å². The number of hydrogen-bond acceptors (Lipinski definition) is 5. The maximum atomic E-state index is 11.6. The molecule has 0 aromatic heterocycles.